The molecule has 0 atom stereocenters. The standard InChI is InChI=1S/C16H22N2O2/c1-2-3-11-19-14-8-6-13(7-9-14)15-12-18-16(20-15)5-4-10-17/h6-9,12H,2-5,10-11,17H2,1H3. The van der Waals surface area contributed by atoms with Gasteiger partial charge in [-0.1, -0.05) is 13.3 Å². The Morgan fingerprint density at radius 2 is 2.00 bits per heavy atom. The first-order valence-electron chi connectivity index (χ1n) is 7.21. The van der Waals surface area contributed by atoms with Crippen molar-refractivity contribution in [2.24, 2.45) is 5.73 Å². The summed E-state index contributed by atoms with van der Waals surface area (Å²) in [7, 11) is 0. The average Bonchev–Trinajstić information content (AvgIpc) is 2.95. The molecule has 2 rings (SSSR count). The fourth-order valence-electron chi connectivity index (χ4n) is 1.86. The van der Waals surface area contributed by atoms with Gasteiger partial charge >= 0.3 is 0 Å². The number of rotatable bonds is 8. The molecule has 0 amide bonds. The third-order valence-electron chi connectivity index (χ3n) is 3.05. The maximum Gasteiger partial charge on any atom is 0.194 e. The molecule has 0 bridgehead atoms. The summed E-state index contributed by atoms with van der Waals surface area (Å²) in [6, 6.07) is 7.92. The summed E-state index contributed by atoms with van der Waals surface area (Å²) in [5, 5.41) is 0. The molecule has 1 heterocycles. The van der Waals surface area contributed by atoms with E-state index in [0.717, 1.165) is 55.3 Å². The zero-order chi connectivity index (χ0) is 14.2. The van der Waals surface area contributed by atoms with E-state index in [0.29, 0.717) is 6.54 Å². The Bertz CT molecular complexity index is 505. The SMILES string of the molecule is CCCCOc1ccc(-c2cnc(CCCN)o2)cc1. The van der Waals surface area contributed by atoms with Crippen molar-refractivity contribution < 1.29 is 9.15 Å². The molecule has 0 aliphatic heterocycles. The highest BCUT2D eigenvalue weighted by molar-refractivity contribution is 5.57. The molecule has 2 aromatic rings. The Labute approximate surface area is 120 Å². The highest BCUT2D eigenvalue weighted by atomic mass is 16.5. The van der Waals surface area contributed by atoms with Crippen LogP contribution in [0.3, 0.4) is 0 Å². The molecule has 0 saturated carbocycles. The van der Waals surface area contributed by atoms with Crippen LogP contribution in [-0.4, -0.2) is 18.1 Å². The Hall–Kier alpha value is -1.81. The minimum Gasteiger partial charge on any atom is -0.494 e. The molecule has 4 heteroatoms. The van der Waals surface area contributed by atoms with Crippen LogP contribution in [0.15, 0.2) is 34.9 Å². The quantitative estimate of drug-likeness (QED) is 0.749. The third-order valence-corrected chi connectivity index (χ3v) is 3.05. The fourth-order valence-corrected chi connectivity index (χ4v) is 1.86. The highest BCUT2D eigenvalue weighted by Crippen LogP contribution is 2.23. The van der Waals surface area contributed by atoms with Crippen molar-refractivity contribution in [1.82, 2.24) is 4.98 Å². The van der Waals surface area contributed by atoms with Crippen LogP contribution in [0.25, 0.3) is 11.3 Å². The highest BCUT2D eigenvalue weighted by Gasteiger charge is 2.06. The van der Waals surface area contributed by atoms with E-state index >= 15 is 0 Å². The minimum absolute atomic E-state index is 0.654. The fraction of sp³-hybridized carbons (Fsp3) is 0.438. The van der Waals surface area contributed by atoms with Crippen molar-refractivity contribution in [3.63, 3.8) is 0 Å². The summed E-state index contributed by atoms with van der Waals surface area (Å²) in [6.45, 7) is 3.57. The monoisotopic (exact) mass is 274 g/mol. The van der Waals surface area contributed by atoms with Gasteiger partial charge in [0.2, 0.25) is 0 Å². The van der Waals surface area contributed by atoms with Crippen molar-refractivity contribution in [3.05, 3.63) is 36.4 Å². The second-order valence-corrected chi connectivity index (χ2v) is 4.74. The van der Waals surface area contributed by atoms with E-state index in [1.807, 2.05) is 24.3 Å². The lowest BCUT2D eigenvalue weighted by Gasteiger charge is -2.05. The number of aromatic nitrogens is 1. The van der Waals surface area contributed by atoms with Crippen molar-refractivity contribution in [3.8, 4) is 17.1 Å². The number of benzene rings is 1. The van der Waals surface area contributed by atoms with Gasteiger partial charge in [0, 0.05) is 12.0 Å². The first-order valence-corrected chi connectivity index (χ1v) is 7.21. The molecule has 4 nitrogen and oxygen atoms in total. The lowest BCUT2D eigenvalue weighted by Crippen LogP contribution is -2.00. The molecule has 0 aliphatic rings. The zero-order valence-electron chi connectivity index (χ0n) is 12.0. The molecule has 0 radical (unpaired) electrons. The van der Waals surface area contributed by atoms with Crippen LogP contribution in [0, 0.1) is 0 Å². The van der Waals surface area contributed by atoms with E-state index in [4.69, 9.17) is 14.9 Å². The van der Waals surface area contributed by atoms with Gasteiger partial charge in [0.15, 0.2) is 11.7 Å². The molecular formula is C16H22N2O2. The molecule has 0 unspecified atom stereocenters. The van der Waals surface area contributed by atoms with Crippen molar-refractivity contribution in [1.29, 1.82) is 0 Å². The zero-order valence-corrected chi connectivity index (χ0v) is 12.0. The van der Waals surface area contributed by atoms with Gasteiger partial charge < -0.3 is 14.9 Å². The Kier molecular flexibility index (Phi) is 5.62. The Balaban J connectivity index is 1.96. The van der Waals surface area contributed by atoms with Gasteiger partial charge in [-0.15, -0.1) is 0 Å². The molecule has 2 N–H and O–H groups in total. The largest absolute Gasteiger partial charge is 0.494 e. The summed E-state index contributed by atoms with van der Waals surface area (Å²) >= 11 is 0. The lowest BCUT2D eigenvalue weighted by atomic mass is 10.2. The number of nitrogens with two attached hydrogens (primary N) is 1. The number of aryl methyl sites for hydroxylation is 1. The predicted octanol–water partition coefficient (Wildman–Crippen LogP) is 3.41. The Morgan fingerprint density at radius 3 is 2.70 bits per heavy atom. The van der Waals surface area contributed by atoms with Crippen LogP contribution in [0.5, 0.6) is 5.75 Å². The number of ether oxygens (including phenoxy) is 1. The molecule has 0 spiro atoms. The number of nitrogens with zero attached hydrogens (tertiary/aromatic N) is 1. The van der Waals surface area contributed by atoms with Crippen LogP contribution >= 0.6 is 0 Å². The van der Waals surface area contributed by atoms with Gasteiger partial charge in [-0.3, -0.25) is 0 Å². The van der Waals surface area contributed by atoms with Crippen molar-refractivity contribution in [2.45, 2.75) is 32.6 Å². The molecule has 1 aromatic carbocycles. The molecule has 108 valence electrons. The van der Waals surface area contributed by atoms with Crippen LogP contribution in [0.4, 0.5) is 0 Å². The number of hydrogen-bond donors (Lipinski definition) is 1. The summed E-state index contributed by atoms with van der Waals surface area (Å²) < 4.78 is 11.3. The van der Waals surface area contributed by atoms with Crippen LogP contribution < -0.4 is 10.5 Å². The van der Waals surface area contributed by atoms with Crippen LogP contribution in [0.2, 0.25) is 0 Å². The van der Waals surface area contributed by atoms with Crippen LogP contribution in [-0.2, 0) is 6.42 Å². The van der Waals surface area contributed by atoms with Crippen LogP contribution in [0.1, 0.15) is 32.1 Å². The second kappa shape index (κ2) is 7.70. The van der Waals surface area contributed by atoms with Gasteiger partial charge in [0.05, 0.1) is 12.8 Å². The first-order chi connectivity index (χ1) is 9.83. The maximum atomic E-state index is 5.70. The molecule has 0 fully saturated rings. The van der Waals surface area contributed by atoms with E-state index in [1.165, 1.54) is 0 Å². The maximum absolute atomic E-state index is 5.70. The molecule has 1 aromatic heterocycles. The number of oxazole rings is 1. The second-order valence-electron chi connectivity index (χ2n) is 4.74. The minimum atomic E-state index is 0.654. The summed E-state index contributed by atoms with van der Waals surface area (Å²) in [5.74, 6) is 2.43. The van der Waals surface area contributed by atoms with Crippen molar-refractivity contribution in [2.75, 3.05) is 13.2 Å². The van der Waals surface area contributed by atoms with Gasteiger partial charge in [-0.2, -0.15) is 0 Å². The number of hydrogen-bond acceptors (Lipinski definition) is 4. The van der Waals surface area contributed by atoms with Gasteiger partial charge in [0.25, 0.3) is 0 Å². The average molecular weight is 274 g/mol. The summed E-state index contributed by atoms with van der Waals surface area (Å²) in [5.41, 5.74) is 6.49. The third kappa shape index (κ3) is 4.10. The van der Waals surface area contributed by atoms with Crippen molar-refractivity contribution >= 4 is 0 Å². The predicted molar refractivity (Wildman–Crippen MR) is 79.7 cm³/mol. The van der Waals surface area contributed by atoms with Gasteiger partial charge in [0.1, 0.15) is 5.75 Å². The Morgan fingerprint density at radius 1 is 1.20 bits per heavy atom. The van der Waals surface area contributed by atoms with E-state index in [-0.39, 0.29) is 0 Å². The topological polar surface area (TPSA) is 61.3 Å². The van der Waals surface area contributed by atoms with Gasteiger partial charge in [-0.05, 0) is 43.7 Å². The molecule has 0 saturated heterocycles. The molecule has 20 heavy (non-hydrogen) atoms. The van der Waals surface area contributed by atoms with E-state index in [2.05, 4.69) is 11.9 Å². The molecular weight excluding hydrogens is 252 g/mol. The van der Waals surface area contributed by atoms with E-state index < -0.39 is 0 Å². The summed E-state index contributed by atoms with van der Waals surface area (Å²) in [4.78, 5) is 4.26. The number of unbranched alkanes of at least 4 members (excludes halogenated alkanes) is 1. The smallest absolute Gasteiger partial charge is 0.194 e. The molecule has 0 aliphatic carbocycles. The lowest BCUT2D eigenvalue weighted by molar-refractivity contribution is 0.309. The normalized spacial score (nSPS) is 10.7. The van der Waals surface area contributed by atoms with E-state index in [9.17, 15) is 0 Å². The van der Waals surface area contributed by atoms with E-state index in [1.54, 1.807) is 6.20 Å². The first kappa shape index (κ1) is 14.6. The van der Waals surface area contributed by atoms with Gasteiger partial charge in [-0.25, -0.2) is 4.98 Å². The summed E-state index contributed by atoms with van der Waals surface area (Å²) in [6.07, 6.45) is 5.66.